The van der Waals surface area contributed by atoms with Gasteiger partial charge in [-0.1, -0.05) is 46.2 Å². The number of carbonyl (C=O) groups is 4. The molecular weight excluding hydrogens is 456 g/mol. The molecule has 11 nitrogen and oxygen atoms in total. The fraction of sp³-hybridized carbons (Fsp3) is 0.583. The number of carboxylic acids is 1. The Kier molecular flexibility index (Phi) is 12.2. The van der Waals surface area contributed by atoms with E-state index in [0.29, 0.717) is 12.0 Å². The van der Waals surface area contributed by atoms with Crippen LogP contribution in [0.1, 0.15) is 46.1 Å². The van der Waals surface area contributed by atoms with Crippen molar-refractivity contribution in [1.29, 1.82) is 0 Å². The molecule has 0 radical (unpaired) electrons. The summed E-state index contributed by atoms with van der Waals surface area (Å²) in [5.41, 5.74) is 6.47. The monoisotopic (exact) mass is 494 g/mol. The van der Waals surface area contributed by atoms with Crippen LogP contribution in [0.5, 0.6) is 5.75 Å². The highest BCUT2D eigenvalue weighted by molar-refractivity contribution is 5.94. The second-order valence-electron chi connectivity index (χ2n) is 9.12. The third-order valence-corrected chi connectivity index (χ3v) is 5.71. The minimum Gasteiger partial charge on any atom is -0.508 e. The van der Waals surface area contributed by atoms with E-state index in [1.54, 1.807) is 19.1 Å². The Hall–Kier alpha value is -3.18. The molecule has 5 unspecified atom stereocenters. The zero-order valence-electron chi connectivity index (χ0n) is 20.7. The molecule has 8 N–H and O–H groups in total. The van der Waals surface area contributed by atoms with Crippen molar-refractivity contribution in [3.63, 3.8) is 0 Å². The number of phenols is 1. The first-order valence-electron chi connectivity index (χ1n) is 11.7. The van der Waals surface area contributed by atoms with Gasteiger partial charge >= 0.3 is 5.97 Å². The SMILES string of the molecule is CCC(C)C(N)C(=O)NC(CO)C(=O)NC(CC(C)C)C(=O)NC(Cc1ccc(O)cc1)C(=O)O. The van der Waals surface area contributed by atoms with Crippen molar-refractivity contribution in [1.82, 2.24) is 16.0 Å². The van der Waals surface area contributed by atoms with Crippen LogP contribution in [-0.4, -0.2) is 69.8 Å². The molecule has 0 aliphatic carbocycles. The summed E-state index contributed by atoms with van der Waals surface area (Å²) in [6.45, 7) is 6.61. The zero-order chi connectivity index (χ0) is 26.7. The quantitative estimate of drug-likeness (QED) is 0.186. The predicted molar refractivity (Wildman–Crippen MR) is 129 cm³/mol. The number of nitrogens with one attached hydrogen (secondary N) is 3. The van der Waals surface area contributed by atoms with Crippen LogP contribution < -0.4 is 21.7 Å². The first kappa shape index (κ1) is 29.9. The highest BCUT2D eigenvalue weighted by Crippen LogP contribution is 2.12. The van der Waals surface area contributed by atoms with E-state index in [0.717, 1.165) is 0 Å². The third kappa shape index (κ3) is 9.91. The smallest absolute Gasteiger partial charge is 0.326 e. The van der Waals surface area contributed by atoms with Gasteiger partial charge in [0.25, 0.3) is 0 Å². The van der Waals surface area contributed by atoms with Gasteiger partial charge in [0.05, 0.1) is 12.6 Å². The Labute approximate surface area is 205 Å². The molecule has 0 bridgehead atoms. The Morgan fingerprint density at radius 1 is 0.886 bits per heavy atom. The number of amides is 3. The minimum atomic E-state index is -1.33. The van der Waals surface area contributed by atoms with Crippen LogP contribution >= 0.6 is 0 Å². The summed E-state index contributed by atoms with van der Waals surface area (Å²) >= 11 is 0. The van der Waals surface area contributed by atoms with Crippen molar-refractivity contribution in [2.45, 2.75) is 71.1 Å². The Morgan fingerprint density at radius 3 is 1.89 bits per heavy atom. The highest BCUT2D eigenvalue weighted by Gasteiger charge is 2.31. The van der Waals surface area contributed by atoms with Gasteiger partial charge in [-0.05, 0) is 36.0 Å². The lowest BCUT2D eigenvalue weighted by atomic mass is 9.99. The molecule has 5 atom stereocenters. The van der Waals surface area contributed by atoms with E-state index in [2.05, 4.69) is 16.0 Å². The Bertz CT molecular complexity index is 860. The molecule has 0 heterocycles. The van der Waals surface area contributed by atoms with E-state index < -0.39 is 54.5 Å². The summed E-state index contributed by atoms with van der Waals surface area (Å²) in [5.74, 6) is -3.51. The molecule has 0 spiro atoms. The molecule has 1 aromatic rings. The predicted octanol–water partition coefficient (Wildman–Crippen LogP) is -0.114. The first-order chi connectivity index (χ1) is 16.4. The van der Waals surface area contributed by atoms with Gasteiger partial charge in [0.2, 0.25) is 17.7 Å². The van der Waals surface area contributed by atoms with Crippen molar-refractivity contribution in [3.8, 4) is 5.75 Å². The largest absolute Gasteiger partial charge is 0.508 e. The summed E-state index contributed by atoms with van der Waals surface area (Å²) < 4.78 is 0. The second-order valence-corrected chi connectivity index (χ2v) is 9.12. The molecule has 0 aliphatic rings. The number of aliphatic hydroxyl groups is 1. The summed E-state index contributed by atoms with van der Waals surface area (Å²) in [7, 11) is 0. The average molecular weight is 495 g/mol. The summed E-state index contributed by atoms with van der Waals surface area (Å²) in [4.78, 5) is 49.8. The van der Waals surface area contributed by atoms with E-state index in [1.807, 2.05) is 20.8 Å². The van der Waals surface area contributed by atoms with Crippen LogP contribution in [0.4, 0.5) is 0 Å². The van der Waals surface area contributed by atoms with Crippen molar-refractivity contribution in [2.75, 3.05) is 6.61 Å². The van der Waals surface area contributed by atoms with Gasteiger partial charge in [-0.2, -0.15) is 0 Å². The number of rotatable bonds is 14. The lowest BCUT2D eigenvalue weighted by molar-refractivity contribution is -0.142. The lowest BCUT2D eigenvalue weighted by Crippen LogP contribution is -2.58. The molecule has 1 rings (SSSR count). The molecule has 0 aliphatic heterocycles. The van der Waals surface area contributed by atoms with E-state index in [4.69, 9.17) is 5.73 Å². The number of aliphatic hydroxyl groups excluding tert-OH is 1. The van der Waals surface area contributed by atoms with Gasteiger partial charge < -0.3 is 37.0 Å². The third-order valence-electron chi connectivity index (χ3n) is 5.71. The molecule has 0 aromatic heterocycles. The Morgan fingerprint density at radius 2 is 1.40 bits per heavy atom. The average Bonchev–Trinajstić information content (AvgIpc) is 2.81. The fourth-order valence-electron chi connectivity index (χ4n) is 3.29. The molecule has 35 heavy (non-hydrogen) atoms. The minimum absolute atomic E-state index is 0.0278. The Balaban J connectivity index is 2.93. The number of phenolic OH excluding ortho intramolecular Hbond substituents is 1. The number of carbonyl (C=O) groups excluding carboxylic acids is 3. The second kappa shape index (κ2) is 14.3. The van der Waals surface area contributed by atoms with E-state index in [1.165, 1.54) is 12.1 Å². The molecular formula is C24H38N4O7. The number of nitrogens with two attached hydrogens (primary N) is 1. The van der Waals surface area contributed by atoms with E-state index in [-0.39, 0.29) is 30.4 Å². The maximum atomic E-state index is 12.9. The van der Waals surface area contributed by atoms with E-state index >= 15 is 0 Å². The fourth-order valence-corrected chi connectivity index (χ4v) is 3.29. The van der Waals surface area contributed by atoms with Crippen LogP contribution in [0, 0.1) is 11.8 Å². The first-order valence-corrected chi connectivity index (χ1v) is 11.7. The van der Waals surface area contributed by atoms with Gasteiger partial charge in [-0.15, -0.1) is 0 Å². The number of aromatic hydroxyl groups is 1. The molecule has 0 saturated carbocycles. The topological polar surface area (TPSA) is 191 Å². The summed E-state index contributed by atoms with van der Waals surface area (Å²) in [6.07, 6.45) is 0.810. The van der Waals surface area contributed by atoms with Crippen molar-refractivity contribution < 1.29 is 34.5 Å². The van der Waals surface area contributed by atoms with Crippen molar-refractivity contribution >= 4 is 23.7 Å². The normalized spacial score (nSPS) is 15.4. The number of hydrogen-bond acceptors (Lipinski definition) is 7. The lowest BCUT2D eigenvalue weighted by Gasteiger charge is -2.26. The highest BCUT2D eigenvalue weighted by atomic mass is 16.4. The standard InChI is InChI=1S/C24H38N4O7/c1-5-14(4)20(25)23(33)28-19(12-29)22(32)26-17(10-13(2)3)21(31)27-18(24(34)35)11-15-6-8-16(30)9-7-15/h6-9,13-14,17-20,29-30H,5,10-12,25H2,1-4H3,(H,26,32)(H,27,31)(H,28,33)(H,34,35). The molecule has 1 aromatic carbocycles. The molecule has 196 valence electrons. The van der Waals surface area contributed by atoms with Crippen LogP contribution in [0.3, 0.4) is 0 Å². The zero-order valence-corrected chi connectivity index (χ0v) is 20.7. The molecule has 11 heteroatoms. The molecule has 0 saturated heterocycles. The van der Waals surface area contributed by atoms with Gasteiger partial charge in [0, 0.05) is 6.42 Å². The van der Waals surface area contributed by atoms with Crippen LogP contribution in [-0.2, 0) is 25.6 Å². The van der Waals surface area contributed by atoms with Gasteiger partial charge in [0.1, 0.15) is 23.9 Å². The van der Waals surface area contributed by atoms with Crippen molar-refractivity contribution in [3.05, 3.63) is 29.8 Å². The van der Waals surface area contributed by atoms with Crippen LogP contribution in [0.15, 0.2) is 24.3 Å². The summed E-state index contributed by atoms with van der Waals surface area (Å²) in [6, 6.07) is 1.34. The summed E-state index contributed by atoms with van der Waals surface area (Å²) in [5, 5.41) is 36.0. The van der Waals surface area contributed by atoms with E-state index in [9.17, 15) is 34.5 Å². The number of benzene rings is 1. The van der Waals surface area contributed by atoms with Gasteiger partial charge in [-0.3, -0.25) is 14.4 Å². The molecule has 0 fully saturated rings. The van der Waals surface area contributed by atoms with Crippen LogP contribution in [0.25, 0.3) is 0 Å². The van der Waals surface area contributed by atoms with Crippen molar-refractivity contribution in [2.24, 2.45) is 17.6 Å². The number of hydrogen-bond donors (Lipinski definition) is 7. The van der Waals surface area contributed by atoms with Gasteiger partial charge in [0.15, 0.2) is 0 Å². The number of carboxylic acid groups (broad SMARTS) is 1. The van der Waals surface area contributed by atoms with Crippen LogP contribution in [0.2, 0.25) is 0 Å². The maximum Gasteiger partial charge on any atom is 0.326 e. The number of aliphatic carboxylic acids is 1. The van der Waals surface area contributed by atoms with Gasteiger partial charge in [-0.25, -0.2) is 4.79 Å². The maximum absolute atomic E-state index is 12.9. The molecule has 3 amide bonds.